The van der Waals surface area contributed by atoms with Gasteiger partial charge in [0.2, 0.25) is 0 Å². The van der Waals surface area contributed by atoms with Crippen molar-refractivity contribution in [2.45, 2.75) is 354 Å². The average molecular weight is 1240 g/mol. The number of phosphoric ester groups is 1. The van der Waals surface area contributed by atoms with Crippen molar-refractivity contribution < 1.29 is 37.6 Å². The molecule has 504 valence electrons. The molecule has 0 radical (unpaired) electrons. The van der Waals surface area contributed by atoms with Crippen molar-refractivity contribution >= 4 is 19.8 Å². The van der Waals surface area contributed by atoms with Crippen molar-refractivity contribution in [3.05, 3.63) is 97.2 Å². The second-order valence-corrected chi connectivity index (χ2v) is 25.9. The van der Waals surface area contributed by atoms with Crippen LogP contribution in [0.2, 0.25) is 0 Å². The summed E-state index contributed by atoms with van der Waals surface area (Å²) in [7, 11) is -4.41. The van der Waals surface area contributed by atoms with E-state index >= 15 is 0 Å². The summed E-state index contributed by atoms with van der Waals surface area (Å²) in [5.74, 6) is -0.872. The van der Waals surface area contributed by atoms with Crippen LogP contribution in [0.5, 0.6) is 0 Å². The van der Waals surface area contributed by atoms with Crippen LogP contribution in [0.25, 0.3) is 0 Å². The number of hydrogen-bond acceptors (Lipinski definition) is 8. The predicted octanol–water partition coefficient (Wildman–Crippen LogP) is 24.3. The molecule has 9 nitrogen and oxygen atoms in total. The molecule has 0 spiro atoms. The molecule has 0 saturated heterocycles. The van der Waals surface area contributed by atoms with Gasteiger partial charge in [-0.15, -0.1) is 0 Å². The van der Waals surface area contributed by atoms with Gasteiger partial charge in [0.25, 0.3) is 0 Å². The SMILES string of the molecule is CC/C=C\C/C=C\C/C=C\C/C=C\C/C=C\C/C=C\C/C=C\C/C=C\CCCCC(=O)OC(COC(=O)CCCCCCCCCCCCCCCCCCCCCCCCCCCCCCCCCCCCCCCCC)COP(=O)(O)OCCN. The van der Waals surface area contributed by atoms with Gasteiger partial charge < -0.3 is 20.1 Å². The van der Waals surface area contributed by atoms with Crippen molar-refractivity contribution in [2.24, 2.45) is 5.73 Å². The molecule has 0 aliphatic carbocycles. The molecule has 0 aromatic rings. The topological polar surface area (TPSA) is 134 Å². The molecule has 0 fully saturated rings. The molecule has 0 rings (SSSR count). The lowest BCUT2D eigenvalue weighted by molar-refractivity contribution is -0.161. The largest absolute Gasteiger partial charge is 0.472 e. The van der Waals surface area contributed by atoms with Gasteiger partial charge in [-0.25, -0.2) is 4.57 Å². The number of rotatable bonds is 69. The molecule has 0 bridgehead atoms. The standard InChI is InChI=1S/C77H138NO8P/c1-3-5-7-9-11-13-15-17-19-21-23-25-27-29-31-32-33-34-35-36-37-38-39-40-41-42-44-45-47-49-51-53-55-57-59-61-63-65-67-69-76(79)83-73-75(74-85-87(81,82)84-72-71-78)86-77(80)70-68-66-64-62-60-58-56-54-52-50-48-46-43-30-28-26-24-22-20-18-16-14-12-10-8-6-4-2/h6,8,12,14,18,20,24,26,30,43,48,50,54,56,60,62,75H,3-5,7,9-11,13,15-17,19,21-23,25,27-29,31-42,44-47,49,51-53,55,57-59,61,63-74,78H2,1-2H3,(H,81,82)/b8-6-,14-12-,20-18-,26-24-,43-30-,50-48-,56-54-,62-60-. The average Bonchev–Trinajstić information content (AvgIpc) is 3.62. The number of carbonyl (C=O) groups excluding carboxylic acids is 2. The first kappa shape index (κ1) is 83.9. The van der Waals surface area contributed by atoms with E-state index < -0.39 is 26.5 Å². The lowest BCUT2D eigenvalue weighted by Gasteiger charge is -2.19. The third-order valence-corrected chi connectivity index (χ3v) is 17.0. The number of nitrogens with two attached hydrogens (primary N) is 1. The summed E-state index contributed by atoms with van der Waals surface area (Å²) in [6.45, 7) is 3.62. The van der Waals surface area contributed by atoms with Gasteiger partial charge in [-0.3, -0.25) is 18.6 Å². The molecule has 0 aromatic heterocycles. The number of ether oxygens (including phenoxy) is 2. The summed E-state index contributed by atoms with van der Waals surface area (Å²) in [4.78, 5) is 35.3. The van der Waals surface area contributed by atoms with Crippen LogP contribution in [0, 0.1) is 0 Å². The van der Waals surface area contributed by atoms with Crippen molar-refractivity contribution in [2.75, 3.05) is 26.4 Å². The summed E-state index contributed by atoms with van der Waals surface area (Å²) >= 11 is 0. The first-order chi connectivity index (χ1) is 42.8. The van der Waals surface area contributed by atoms with Crippen LogP contribution in [-0.2, 0) is 32.7 Å². The van der Waals surface area contributed by atoms with E-state index in [4.69, 9.17) is 24.3 Å². The number of phosphoric acid groups is 1. The normalized spacial score (nSPS) is 13.5. The van der Waals surface area contributed by atoms with Crippen LogP contribution in [0.3, 0.4) is 0 Å². The van der Waals surface area contributed by atoms with Crippen molar-refractivity contribution in [1.82, 2.24) is 0 Å². The van der Waals surface area contributed by atoms with E-state index in [0.717, 1.165) is 83.5 Å². The van der Waals surface area contributed by atoms with Gasteiger partial charge in [-0.1, -0.05) is 355 Å². The number of esters is 2. The third kappa shape index (κ3) is 71.9. The second kappa shape index (κ2) is 72.0. The first-order valence-electron chi connectivity index (χ1n) is 36.7. The van der Waals surface area contributed by atoms with Crippen LogP contribution in [0.15, 0.2) is 97.2 Å². The van der Waals surface area contributed by atoms with Crippen LogP contribution in [-0.4, -0.2) is 49.3 Å². The number of unbranched alkanes of at least 4 members (excludes halogenated alkanes) is 40. The van der Waals surface area contributed by atoms with E-state index in [1.807, 2.05) is 0 Å². The van der Waals surface area contributed by atoms with Gasteiger partial charge in [-0.2, -0.15) is 0 Å². The summed E-state index contributed by atoms with van der Waals surface area (Å²) in [5, 5.41) is 0. The second-order valence-electron chi connectivity index (χ2n) is 24.4. The van der Waals surface area contributed by atoms with Crippen molar-refractivity contribution in [3.8, 4) is 0 Å². The highest BCUT2D eigenvalue weighted by atomic mass is 31.2. The minimum atomic E-state index is -4.41. The predicted molar refractivity (Wildman–Crippen MR) is 376 cm³/mol. The Bertz CT molecular complexity index is 1750. The van der Waals surface area contributed by atoms with E-state index in [1.54, 1.807) is 0 Å². The Balaban J connectivity index is 3.85. The van der Waals surface area contributed by atoms with Crippen LogP contribution in [0.1, 0.15) is 348 Å². The molecule has 0 heterocycles. The molecule has 0 aliphatic rings. The molecule has 0 aliphatic heterocycles. The van der Waals surface area contributed by atoms with E-state index in [9.17, 15) is 19.0 Å². The number of hydrogen-bond donors (Lipinski definition) is 2. The fourth-order valence-electron chi connectivity index (χ4n) is 10.6. The minimum Gasteiger partial charge on any atom is -0.462 e. The Labute approximate surface area is 537 Å². The van der Waals surface area contributed by atoms with Crippen LogP contribution in [0.4, 0.5) is 0 Å². The molecular weight excluding hydrogens is 1100 g/mol. The summed E-state index contributed by atoms with van der Waals surface area (Å²) in [5.41, 5.74) is 5.40. The molecule has 0 saturated carbocycles. The highest BCUT2D eigenvalue weighted by Gasteiger charge is 2.26. The molecule has 0 aromatic carbocycles. The molecule has 87 heavy (non-hydrogen) atoms. The Kier molecular flexibility index (Phi) is 69.5. The zero-order valence-corrected chi connectivity index (χ0v) is 57.6. The molecule has 2 atom stereocenters. The Hall–Kier alpha value is -3.07. The maximum Gasteiger partial charge on any atom is 0.472 e. The summed E-state index contributed by atoms with van der Waals surface area (Å²) < 4.78 is 33.1. The number of carbonyl (C=O) groups is 2. The minimum absolute atomic E-state index is 0.0424. The zero-order valence-electron chi connectivity index (χ0n) is 56.7. The number of allylic oxidation sites excluding steroid dienone is 16. The summed E-state index contributed by atoms with van der Waals surface area (Å²) in [6, 6.07) is 0. The van der Waals surface area contributed by atoms with Crippen molar-refractivity contribution in [1.29, 1.82) is 0 Å². The van der Waals surface area contributed by atoms with Crippen molar-refractivity contribution in [3.63, 3.8) is 0 Å². The third-order valence-electron chi connectivity index (χ3n) is 16.0. The maximum atomic E-state index is 12.7. The van der Waals surface area contributed by atoms with E-state index in [1.165, 1.54) is 231 Å². The Morgan fingerprint density at radius 2 is 0.632 bits per heavy atom. The molecule has 10 heteroatoms. The monoisotopic (exact) mass is 1240 g/mol. The van der Waals surface area contributed by atoms with Gasteiger partial charge in [0, 0.05) is 19.4 Å². The van der Waals surface area contributed by atoms with Gasteiger partial charge in [0.05, 0.1) is 13.2 Å². The Morgan fingerprint density at radius 3 is 0.943 bits per heavy atom. The first-order valence-corrected chi connectivity index (χ1v) is 38.2. The van der Waals surface area contributed by atoms with Crippen LogP contribution >= 0.6 is 7.82 Å². The zero-order chi connectivity index (χ0) is 63.0. The van der Waals surface area contributed by atoms with Gasteiger partial charge in [0.15, 0.2) is 6.10 Å². The van der Waals surface area contributed by atoms with Gasteiger partial charge >= 0.3 is 19.8 Å². The quantitative estimate of drug-likeness (QED) is 0.0264. The summed E-state index contributed by atoms with van der Waals surface area (Å²) in [6.07, 6.45) is 98.3. The molecule has 2 unspecified atom stereocenters. The fraction of sp³-hybridized carbons (Fsp3) is 0.766. The highest BCUT2D eigenvalue weighted by Crippen LogP contribution is 2.43. The van der Waals surface area contributed by atoms with Gasteiger partial charge in [-0.05, 0) is 77.0 Å². The molecular formula is C77H138NO8P. The smallest absolute Gasteiger partial charge is 0.462 e. The molecule has 0 amide bonds. The fourth-order valence-corrected chi connectivity index (χ4v) is 11.4. The van der Waals surface area contributed by atoms with Crippen LogP contribution < -0.4 is 5.73 Å². The lowest BCUT2D eigenvalue weighted by Crippen LogP contribution is -2.29. The van der Waals surface area contributed by atoms with Gasteiger partial charge in [0.1, 0.15) is 6.61 Å². The lowest BCUT2D eigenvalue weighted by atomic mass is 10.0. The van der Waals surface area contributed by atoms with E-state index in [-0.39, 0.29) is 38.6 Å². The molecule has 3 N–H and O–H groups in total. The van der Waals surface area contributed by atoms with E-state index in [2.05, 4.69) is 111 Å². The highest BCUT2D eigenvalue weighted by molar-refractivity contribution is 7.47. The van der Waals surface area contributed by atoms with E-state index in [0.29, 0.717) is 6.42 Å². The Morgan fingerprint density at radius 1 is 0.356 bits per heavy atom. The maximum absolute atomic E-state index is 12.7.